The number of nitrogens with zero attached hydrogens (tertiary/aromatic N) is 1. The summed E-state index contributed by atoms with van der Waals surface area (Å²) in [5.41, 5.74) is 1.09. The second-order valence-electron chi connectivity index (χ2n) is 8.16. The minimum atomic E-state index is -0.757. The van der Waals surface area contributed by atoms with E-state index in [2.05, 4.69) is 15.6 Å². The van der Waals surface area contributed by atoms with Gasteiger partial charge in [0.15, 0.2) is 0 Å². The molecule has 1 amide bonds. The standard InChI is InChI=1S/C24H24Cl2FN3O3/c25-15-2-8-22-14(9-15)1-7-23(30-22)24(32)29-17-4-3-16(10-17)28-12-18(31)13-33-19-5-6-20(26)21(27)11-19/h1-2,5-9,11,16-18,28,31H,3-4,10,12-13H2,(H,29,32)/t16-,17-,18?/m0/s1. The first-order chi connectivity index (χ1) is 15.9. The van der Waals surface area contributed by atoms with Crippen LogP contribution in [0.15, 0.2) is 48.5 Å². The molecule has 1 unspecified atom stereocenters. The van der Waals surface area contributed by atoms with E-state index in [0.717, 1.165) is 30.2 Å². The first-order valence-electron chi connectivity index (χ1n) is 10.7. The monoisotopic (exact) mass is 491 g/mol. The Bertz CT molecular complexity index is 1150. The number of fused-ring (bicyclic) bond motifs is 1. The van der Waals surface area contributed by atoms with Crippen LogP contribution < -0.4 is 15.4 Å². The molecule has 0 saturated heterocycles. The zero-order chi connectivity index (χ0) is 23.4. The summed E-state index contributed by atoms with van der Waals surface area (Å²) in [6.45, 7) is 0.357. The summed E-state index contributed by atoms with van der Waals surface area (Å²) >= 11 is 11.6. The molecule has 3 N–H and O–H groups in total. The molecule has 3 atom stereocenters. The van der Waals surface area contributed by atoms with Crippen LogP contribution in [0, 0.1) is 5.82 Å². The van der Waals surface area contributed by atoms with Crippen LogP contribution in [0.5, 0.6) is 5.75 Å². The zero-order valence-corrected chi connectivity index (χ0v) is 19.2. The Morgan fingerprint density at radius 2 is 1.97 bits per heavy atom. The fourth-order valence-electron chi connectivity index (χ4n) is 3.90. The summed E-state index contributed by atoms with van der Waals surface area (Å²) in [5.74, 6) is -0.463. The van der Waals surface area contributed by atoms with Gasteiger partial charge in [-0.15, -0.1) is 0 Å². The number of aliphatic hydroxyl groups excluding tert-OH is 1. The van der Waals surface area contributed by atoms with Crippen molar-refractivity contribution in [3.8, 4) is 5.75 Å². The van der Waals surface area contributed by atoms with E-state index in [0.29, 0.717) is 23.0 Å². The quantitative estimate of drug-likeness (QED) is 0.435. The van der Waals surface area contributed by atoms with Crippen LogP contribution in [0.2, 0.25) is 10.0 Å². The van der Waals surface area contributed by atoms with Gasteiger partial charge in [-0.25, -0.2) is 9.37 Å². The lowest BCUT2D eigenvalue weighted by Gasteiger charge is -2.18. The number of carbonyl (C=O) groups excluding carboxylic acids is 1. The van der Waals surface area contributed by atoms with E-state index < -0.39 is 11.9 Å². The Morgan fingerprint density at radius 3 is 2.79 bits per heavy atom. The number of pyridine rings is 1. The van der Waals surface area contributed by atoms with Gasteiger partial charge >= 0.3 is 0 Å². The van der Waals surface area contributed by atoms with E-state index in [9.17, 15) is 14.3 Å². The van der Waals surface area contributed by atoms with Crippen LogP contribution in [0.1, 0.15) is 29.8 Å². The van der Waals surface area contributed by atoms with E-state index in [1.807, 2.05) is 12.1 Å². The zero-order valence-electron chi connectivity index (χ0n) is 17.7. The number of hydrogen-bond acceptors (Lipinski definition) is 5. The van der Waals surface area contributed by atoms with Crippen molar-refractivity contribution in [2.75, 3.05) is 13.2 Å². The van der Waals surface area contributed by atoms with Crippen molar-refractivity contribution in [1.82, 2.24) is 15.6 Å². The first kappa shape index (κ1) is 23.7. The fraction of sp³-hybridized carbons (Fsp3) is 0.333. The number of aliphatic hydroxyl groups is 1. The molecule has 33 heavy (non-hydrogen) atoms. The summed E-state index contributed by atoms with van der Waals surface area (Å²) in [5, 5.41) is 18.0. The maximum Gasteiger partial charge on any atom is 0.270 e. The highest BCUT2D eigenvalue weighted by Gasteiger charge is 2.26. The minimum absolute atomic E-state index is 0.0220. The third-order valence-electron chi connectivity index (χ3n) is 5.63. The molecular formula is C24H24Cl2FN3O3. The molecule has 0 radical (unpaired) electrons. The van der Waals surface area contributed by atoms with Gasteiger partial charge in [0, 0.05) is 35.1 Å². The Labute approximate surface area is 201 Å². The van der Waals surface area contributed by atoms with E-state index in [1.165, 1.54) is 12.1 Å². The molecule has 4 rings (SSSR count). The molecule has 2 aromatic carbocycles. The van der Waals surface area contributed by atoms with Crippen LogP contribution in [0.25, 0.3) is 10.9 Å². The van der Waals surface area contributed by atoms with Crippen molar-refractivity contribution in [1.29, 1.82) is 0 Å². The predicted molar refractivity (Wildman–Crippen MR) is 127 cm³/mol. The molecule has 1 saturated carbocycles. The van der Waals surface area contributed by atoms with E-state index in [4.69, 9.17) is 27.9 Å². The van der Waals surface area contributed by atoms with Gasteiger partial charge in [-0.2, -0.15) is 0 Å². The molecule has 6 nitrogen and oxygen atoms in total. The number of nitrogens with one attached hydrogen (secondary N) is 2. The minimum Gasteiger partial charge on any atom is -0.491 e. The van der Waals surface area contributed by atoms with Crippen molar-refractivity contribution in [2.45, 2.75) is 37.5 Å². The second-order valence-corrected chi connectivity index (χ2v) is 9.01. The number of hydrogen-bond donors (Lipinski definition) is 3. The predicted octanol–water partition coefficient (Wildman–Crippen LogP) is 4.36. The highest BCUT2D eigenvalue weighted by atomic mass is 35.5. The molecule has 3 aromatic rings. The lowest BCUT2D eigenvalue weighted by Crippen LogP contribution is -2.39. The lowest BCUT2D eigenvalue weighted by atomic mass is 10.2. The maximum atomic E-state index is 13.4. The molecule has 1 heterocycles. The highest BCUT2D eigenvalue weighted by molar-refractivity contribution is 6.31. The number of amides is 1. The molecule has 1 aromatic heterocycles. The number of ether oxygens (including phenoxy) is 1. The normalized spacial score (nSPS) is 18.9. The topological polar surface area (TPSA) is 83.5 Å². The summed E-state index contributed by atoms with van der Waals surface area (Å²) in [6.07, 6.45) is 1.71. The maximum absolute atomic E-state index is 13.4. The van der Waals surface area contributed by atoms with Crippen LogP contribution in [0.4, 0.5) is 4.39 Å². The van der Waals surface area contributed by atoms with Gasteiger partial charge in [-0.05, 0) is 55.7 Å². The Balaban J connectivity index is 1.21. The number of halogens is 3. The summed E-state index contributed by atoms with van der Waals surface area (Å²) < 4.78 is 18.9. The molecule has 0 spiro atoms. The SMILES string of the molecule is O=C(N[C@H]1CC[C@H](NCC(O)COc2ccc(Cl)c(F)c2)C1)c1ccc2cc(Cl)ccc2n1. The van der Waals surface area contributed by atoms with Crippen molar-refractivity contribution < 1.29 is 19.0 Å². The Hall–Kier alpha value is -2.45. The summed E-state index contributed by atoms with van der Waals surface area (Å²) in [7, 11) is 0. The van der Waals surface area contributed by atoms with Gasteiger partial charge in [0.25, 0.3) is 5.91 Å². The van der Waals surface area contributed by atoms with E-state index in [1.54, 1.807) is 24.3 Å². The van der Waals surface area contributed by atoms with Gasteiger partial charge in [0.2, 0.25) is 0 Å². The van der Waals surface area contributed by atoms with E-state index >= 15 is 0 Å². The van der Waals surface area contributed by atoms with Crippen LogP contribution in [-0.2, 0) is 0 Å². The van der Waals surface area contributed by atoms with Crippen molar-refractivity contribution in [2.24, 2.45) is 0 Å². The third-order valence-corrected chi connectivity index (χ3v) is 6.17. The molecule has 1 aliphatic carbocycles. The van der Waals surface area contributed by atoms with Crippen LogP contribution in [-0.4, -0.2) is 47.3 Å². The number of carbonyl (C=O) groups is 1. The lowest BCUT2D eigenvalue weighted by molar-refractivity contribution is 0.0930. The molecule has 9 heteroatoms. The molecule has 1 fully saturated rings. The molecule has 0 aliphatic heterocycles. The average Bonchev–Trinajstić information content (AvgIpc) is 3.25. The van der Waals surface area contributed by atoms with Crippen molar-refractivity contribution >= 4 is 40.0 Å². The third kappa shape index (κ3) is 6.32. The number of benzene rings is 2. The van der Waals surface area contributed by atoms with E-state index in [-0.39, 0.29) is 29.6 Å². The largest absolute Gasteiger partial charge is 0.491 e. The fourth-order valence-corrected chi connectivity index (χ4v) is 4.20. The molecular weight excluding hydrogens is 468 g/mol. The molecule has 174 valence electrons. The van der Waals surface area contributed by atoms with Crippen molar-refractivity contribution in [3.05, 3.63) is 70.1 Å². The highest BCUT2D eigenvalue weighted by Crippen LogP contribution is 2.22. The Morgan fingerprint density at radius 1 is 1.15 bits per heavy atom. The van der Waals surface area contributed by atoms with Crippen LogP contribution >= 0.6 is 23.2 Å². The molecule has 0 bridgehead atoms. The summed E-state index contributed by atoms with van der Waals surface area (Å²) in [4.78, 5) is 17.1. The number of aromatic nitrogens is 1. The summed E-state index contributed by atoms with van der Waals surface area (Å²) in [6, 6.07) is 13.2. The molecule has 1 aliphatic rings. The second kappa shape index (κ2) is 10.7. The van der Waals surface area contributed by atoms with Crippen molar-refractivity contribution in [3.63, 3.8) is 0 Å². The van der Waals surface area contributed by atoms with Gasteiger partial charge in [0.05, 0.1) is 10.5 Å². The van der Waals surface area contributed by atoms with Gasteiger partial charge in [-0.1, -0.05) is 29.3 Å². The first-order valence-corrected chi connectivity index (χ1v) is 11.5. The smallest absolute Gasteiger partial charge is 0.270 e. The van der Waals surface area contributed by atoms with Gasteiger partial charge in [0.1, 0.15) is 30.0 Å². The number of rotatable bonds is 8. The van der Waals surface area contributed by atoms with Gasteiger partial charge < -0.3 is 20.5 Å². The Kier molecular flexibility index (Phi) is 7.65. The average molecular weight is 492 g/mol. The van der Waals surface area contributed by atoms with Crippen LogP contribution in [0.3, 0.4) is 0 Å². The van der Waals surface area contributed by atoms with Gasteiger partial charge in [-0.3, -0.25) is 4.79 Å².